The van der Waals surface area contributed by atoms with Gasteiger partial charge in [-0.25, -0.2) is 4.79 Å². The summed E-state index contributed by atoms with van der Waals surface area (Å²) < 4.78 is 6.04. The Labute approximate surface area is 110 Å². The SMILES string of the molecule is Cc1c(C(=O)OCl)cccc1-c1cc(C)n(C)n1. The third kappa shape index (κ3) is 2.11. The summed E-state index contributed by atoms with van der Waals surface area (Å²) in [5.74, 6) is -0.552. The fourth-order valence-corrected chi connectivity index (χ4v) is 1.95. The summed E-state index contributed by atoms with van der Waals surface area (Å²) in [5.41, 5.74) is 4.04. The molecule has 0 amide bonds. The quantitative estimate of drug-likeness (QED) is 0.837. The fourth-order valence-electron chi connectivity index (χ4n) is 1.87. The van der Waals surface area contributed by atoms with Crippen LogP contribution in [0.1, 0.15) is 21.6 Å². The summed E-state index contributed by atoms with van der Waals surface area (Å²) in [6.07, 6.45) is 0. The molecule has 0 unspecified atom stereocenters. The van der Waals surface area contributed by atoms with Crippen molar-refractivity contribution in [1.29, 1.82) is 0 Å². The standard InChI is InChI=1S/C13H13ClN2O2/c1-8-7-12(15-16(8)3)10-5-4-6-11(9(10)2)13(17)18-14/h4-7H,1-3H3. The van der Waals surface area contributed by atoms with Gasteiger partial charge in [-0.15, -0.1) is 0 Å². The Balaban J connectivity index is 2.55. The lowest BCUT2D eigenvalue weighted by atomic mass is 10.00. The molecule has 0 radical (unpaired) electrons. The van der Waals surface area contributed by atoms with Crippen LogP contribution < -0.4 is 0 Å². The first-order valence-electron chi connectivity index (χ1n) is 5.48. The fraction of sp³-hybridized carbons (Fsp3) is 0.231. The number of hydrogen-bond acceptors (Lipinski definition) is 3. The molecule has 1 aromatic heterocycles. The van der Waals surface area contributed by atoms with Crippen molar-refractivity contribution in [3.63, 3.8) is 0 Å². The number of aryl methyl sites for hydroxylation is 2. The van der Waals surface area contributed by atoms with E-state index in [4.69, 9.17) is 11.9 Å². The Bertz CT molecular complexity index is 586. The van der Waals surface area contributed by atoms with Crippen molar-refractivity contribution in [2.45, 2.75) is 13.8 Å². The van der Waals surface area contributed by atoms with Gasteiger partial charge in [-0.3, -0.25) is 4.68 Å². The lowest BCUT2D eigenvalue weighted by Gasteiger charge is -2.06. The van der Waals surface area contributed by atoms with Gasteiger partial charge in [-0.2, -0.15) is 5.10 Å². The monoisotopic (exact) mass is 264 g/mol. The molecule has 0 aliphatic carbocycles. The number of rotatable bonds is 2. The van der Waals surface area contributed by atoms with Crippen LogP contribution in [0.5, 0.6) is 0 Å². The lowest BCUT2D eigenvalue weighted by Crippen LogP contribution is -2.02. The van der Waals surface area contributed by atoms with Crippen molar-refractivity contribution in [2.24, 2.45) is 7.05 Å². The molecule has 0 saturated heterocycles. The molecule has 0 spiro atoms. The molecule has 18 heavy (non-hydrogen) atoms. The summed E-state index contributed by atoms with van der Waals surface area (Å²) >= 11 is 5.12. The molecule has 0 aliphatic rings. The number of nitrogens with zero attached hydrogens (tertiary/aromatic N) is 2. The number of aromatic nitrogens is 2. The van der Waals surface area contributed by atoms with E-state index in [2.05, 4.69) is 9.39 Å². The molecular formula is C13H13ClN2O2. The van der Waals surface area contributed by atoms with Crippen molar-refractivity contribution in [3.05, 3.63) is 41.1 Å². The van der Waals surface area contributed by atoms with E-state index < -0.39 is 5.97 Å². The van der Waals surface area contributed by atoms with E-state index in [-0.39, 0.29) is 0 Å². The number of benzene rings is 1. The minimum Gasteiger partial charge on any atom is -0.343 e. The second-order valence-electron chi connectivity index (χ2n) is 4.14. The van der Waals surface area contributed by atoms with Gasteiger partial charge < -0.3 is 4.29 Å². The topological polar surface area (TPSA) is 44.1 Å². The van der Waals surface area contributed by atoms with Crippen molar-refractivity contribution >= 4 is 17.8 Å². The zero-order valence-electron chi connectivity index (χ0n) is 10.4. The van der Waals surface area contributed by atoms with Crippen molar-refractivity contribution in [1.82, 2.24) is 9.78 Å². The van der Waals surface area contributed by atoms with Gasteiger partial charge in [0.05, 0.1) is 11.3 Å². The van der Waals surface area contributed by atoms with Crippen LogP contribution in [0.4, 0.5) is 0 Å². The molecular weight excluding hydrogens is 252 g/mol. The molecule has 0 fully saturated rings. The number of halogens is 1. The van der Waals surface area contributed by atoms with E-state index >= 15 is 0 Å². The Kier molecular flexibility index (Phi) is 3.39. The van der Waals surface area contributed by atoms with Crippen LogP contribution in [0.2, 0.25) is 0 Å². The van der Waals surface area contributed by atoms with Gasteiger partial charge in [0.1, 0.15) is 11.9 Å². The molecule has 2 aromatic rings. The van der Waals surface area contributed by atoms with Crippen molar-refractivity contribution in [2.75, 3.05) is 0 Å². The molecule has 1 aromatic carbocycles. The van der Waals surface area contributed by atoms with Crippen LogP contribution in [0, 0.1) is 13.8 Å². The maximum atomic E-state index is 11.5. The Morgan fingerprint density at radius 2 is 2.11 bits per heavy atom. The number of hydrogen-bond donors (Lipinski definition) is 0. The molecule has 1 heterocycles. The summed E-state index contributed by atoms with van der Waals surface area (Å²) in [7, 11) is 1.88. The van der Waals surface area contributed by atoms with Gasteiger partial charge in [-0.1, -0.05) is 12.1 Å². The predicted molar refractivity (Wildman–Crippen MR) is 69.4 cm³/mol. The van der Waals surface area contributed by atoms with Crippen LogP contribution >= 0.6 is 11.9 Å². The van der Waals surface area contributed by atoms with Gasteiger partial charge in [-0.05, 0) is 31.5 Å². The summed E-state index contributed by atoms with van der Waals surface area (Å²) in [5, 5.41) is 4.40. The average Bonchev–Trinajstić information content (AvgIpc) is 2.69. The van der Waals surface area contributed by atoms with Crippen LogP contribution in [0.15, 0.2) is 24.3 Å². The summed E-state index contributed by atoms with van der Waals surface area (Å²) in [6.45, 7) is 3.82. The molecule has 5 heteroatoms. The van der Waals surface area contributed by atoms with Crippen LogP contribution in [-0.2, 0) is 11.3 Å². The molecule has 0 saturated carbocycles. The van der Waals surface area contributed by atoms with E-state index in [1.165, 1.54) is 0 Å². The highest BCUT2D eigenvalue weighted by Gasteiger charge is 2.15. The smallest absolute Gasteiger partial charge is 0.343 e. The normalized spacial score (nSPS) is 10.4. The van der Waals surface area contributed by atoms with Crippen LogP contribution in [0.25, 0.3) is 11.3 Å². The summed E-state index contributed by atoms with van der Waals surface area (Å²) in [4.78, 5) is 11.5. The van der Waals surface area contributed by atoms with E-state index in [0.29, 0.717) is 5.56 Å². The number of carbonyl (C=O) groups is 1. The van der Waals surface area contributed by atoms with Crippen molar-refractivity contribution in [3.8, 4) is 11.3 Å². The molecule has 0 N–H and O–H groups in total. The highest BCUT2D eigenvalue weighted by molar-refractivity contribution is 6.16. The van der Waals surface area contributed by atoms with E-state index in [9.17, 15) is 4.79 Å². The first kappa shape index (κ1) is 12.6. The third-order valence-corrected chi connectivity index (χ3v) is 3.15. The maximum absolute atomic E-state index is 11.5. The van der Waals surface area contributed by atoms with Gasteiger partial charge in [0, 0.05) is 18.3 Å². The molecule has 94 valence electrons. The highest BCUT2D eigenvalue weighted by Crippen LogP contribution is 2.25. The second-order valence-corrected chi connectivity index (χ2v) is 4.29. The zero-order valence-corrected chi connectivity index (χ0v) is 11.2. The Morgan fingerprint density at radius 3 is 2.67 bits per heavy atom. The van der Waals surface area contributed by atoms with Crippen LogP contribution in [0.3, 0.4) is 0 Å². The highest BCUT2D eigenvalue weighted by atomic mass is 35.5. The molecule has 4 nitrogen and oxygen atoms in total. The second kappa shape index (κ2) is 4.82. The molecule has 0 aliphatic heterocycles. The Morgan fingerprint density at radius 1 is 1.39 bits per heavy atom. The molecule has 2 rings (SSSR count). The summed E-state index contributed by atoms with van der Waals surface area (Å²) in [6, 6.07) is 7.36. The van der Waals surface area contributed by atoms with Gasteiger partial charge in [0.25, 0.3) is 0 Å². The van der Waals surface area contributed by atoms with E-state index in [1.54, 1.807) is 16.8 Å². The third-order valence-electron chi connectivity index (χ3n) is 3.01. The first-order valence-corrected chi connectivity index (χ1v) is 5.79. The largest absolute Gasteiger partial charge is 0.356 e. The van der Waals surface area contributed by atoms with E-state index in [0.717, 1.165) is 22.5 Å². The van der Waals surface area contributed by atoms with Gasteiger partial charge in [0.2, 0.25) is 0 Å². The molecule has 0 atom stereocenters. The molecule has 0 bridgehead atoms. The van der Waals surface area contributed by atoms with Crippen LogP contribution in [-0.4, -0.2) is 15.7 Å². The van der Waals surface area contributed by atoms with Gasteiger partial charge >= 0.3 is 5.97 Å². The lowest BCUT2D eigenvalue weighted by molar-refractivity contribution is 0.0750. The zero-order chi connectivity index (χ0) is 13.3. The minimum absolute atomic E-state index is 0.450. The van der Waals surface area contributed by atoms with E-state index in [1.807, 2.05) is 33.0 Å². The minimum atomic E-state index is -0.552. The predicted octanol–water partition coefficient (Wildman–Crippen LogP) is 3.01. The first-order chi connectivity index (χ1) is 8.54. The average molecular weight is 265 g/mol. The van der Waals surface area contributed by atoms with Crippen molar-refractivity contribution < 1.29 is 9.08 Å². The Hall–Kier alpha value is -1.81. The van der Waals surface area contributed by atoms with Gasteiger partial charge in [0.15, 0.2) is 0 Å². The number of carbonyl (C=O) groups excluding carboxylic acids is 1. The maximum Gasteiger partial charge on any atom is 0.356 e.